The lowest BCUT2D eigenvalue weighted by molar-refractivity contribution is 0.176. The fourth-order valence-corrected chi connectivity index (χ4v) is 2.59. The van der Waals surface area contributed by atoms with Crippen LogP contribution in [0.3, 0.4) is 0 Å². The van der Waals surface area contributed by atoms with E-state index in [2.05, 4.69) is 34.3 Å². The van der Waals surface area contributed by atoms with Crippen molar-refractivity contribution in [3.05, 3.63) is 54.1 Å². The molecule has 0 amide bonds. The minimum Gasteiger partial charge on any atom is -0.488 e. The van der Waals surface area contributed by atoms with Gasteiger partial charge in [-0.15, -0.1) is 0 Å². The molecule has 104 valence electrons. The van der Waals surface area contributed by atoms with Crippen molar-refractivity contribution in [3.63, 3.8) is 0 Å². The largest absolute Gasteiger partial charge is 0.488 e. The van der Waals surface area contributed by atoms with Crippen LogP contribution in [0.2, 0.25) is 0 Å². The van der Waals surface area contributed by atoms with Crippen molar-refractivity contribution in [1.29, 1.82) is 0 Å². The second kappa shape index (κ2) is 6.01. The minimum absolute atomic E-state index is 0.0793. The lowest BCUT2D eigenvalue weighted by Crippen LogP contribution is -2.36. The van der Waals surface area contributed by atoms with Gasteiger partial charge in [-0.25, -0.2) is 0 Å². The Kier molecular flexibility index (Phi) is 3.92. The summed E-state index contributed by atoms with van der Waals surface area (Å²) in [5.41, 5.74) is 2.21. The van der Waals surface area contributed by atoms with Crippen LogP contribution in [0.15, 0.2) is 42.9 Å². The zero-order valence-electron chi connectivity index (χ0n) is 11.6. The first-order chi connectivity index (χ1) is 9.88. The van der Waals surface area contributed by atoms with Crippen LogP contribution in [0.1, 0.15) is 30.6 Å². The molecule has 2 atom stereocenters. The third kappa shape index (κ3) is 2.65. The molecule has 0 spiro atoms. The fraction of sp³-hybridized carbons (Fsp3) is 0.375. The van der Waals surface area contributed by atoms with Crippen LogP contribution in [0, 0.1) is 0 Å². The Balaban J connectivity index is 1.81. The molecular formula is C16H19N3O. The van der Waals surface area contributed by atoms with Crippen LogP contribution >= 0.6 is 0 Å². The summed E-state index contributed by atoms with van der Waals surface area (Å²) in [6.07, 6.45) is 7.32. The number of nitrogens with zero attached hydrogens (tertiary/aromatic N) is 2. The number of nitrogens with one attached hydrogen (secondary N) is 1. The number of aromatic nitrogens is 2. The maximum absolute atomic E-state index is 6.09. The number of ether oxygens (including phenoxy) is 1. The normalized spacial score (nSPS) is 18.4. The van der Waals surface area contributed by atoms with E-state index in [0.717, 1.165) is 30.8 Å². The Morgan fingerprint density at radius 3 is 3.00 bits per heavy atom. The summed E-state index contributed by atoms with van der Waals surface area (Å²) < 4.78 is 6.09. The van der Waals surface area contributed by atoms with Gasteiger partial charge in [0.05, 0.1) is 17.9 Å². The monoisotopic (exact) mass is 269 g/mol. The first-order valence-electron chi connectivity index (χ1n) is 7.12. The molecule has 2 heterocycles. The van der Waals surface area contributed by atoms with Crippen LogP contribution in [-0.2, 0) is 6.42 Å². The highest BCUT2D eigenvalue weighted by Gasteiger charge is 2.31. The topological polar surface area (TPSA) is 47.0 Å². The summed E-state index contributed by atoms with van der Waals surface area (Å²) >= 11 is 0. The van der Waals surface area contributed by atoms with Gasteiger partial charge in [0.1, 0.15) is 11.9 Å². The van der Waals surface area contributed by atoms with Gasteiger partial charge in [-0.05, 0) is 24.6 Å². The average Bonchev–Trinajstić information content (AvgIpc) is 2.92. The maximum atomic E-state index is 6.09. The lowest BCUT2D eigenvalue weighted by atomic mass is 10.0. The molecule has 0 aliphatic carbocycles. The number of fused-ring (bicyclic) bond motifs is 1. The van der Waals surface area contributed by atoms with Crippen LogP contribution in [-0.4, -0.2) is 22.6 Å². The highest BCUT2D eigenvalue weighted by molar-refractivity contribution is 5.38. The van der Waals surface area contributed by atoms with Gasteiger partial charge >= 0.3 is 0 Å². The van der Waals surface area contributed by atoms with E-state index in [1.807, 2.05) is 18.3 Å². The van der Waals surface area contributed by atoms with Gasteiger partial charge in [-0.3, -0.25) is 9.97 Å². The van der Waals surface area contributed by atoms with E-state index in [-0.39, 0.29) is 12.1 Å². The molecule has 4 heteroatoms. The third-order valence-electron chi connectivity index (χ3n) is 3.56. The summed E-state index contributed by atoms with van der Waals surface area (Å²) in [5, 5.41) is 3.53. The first-order valence-corrected chi connectivity index (χ1v) is 7.12. The molecular weight excluding hydrogens is 250 g/mol. The Hall–Kier alpha value is -1.94. The molecule has 0 bridgehead atoms. The molecule has 2 aromatic rings. The van der Waals surface area contributed by atoms with Gasteiger partial charge in [-0.2, -0.15) is 0 Å². The van der Waals surface area contributed by atoms with Crippen molar-refractivity contribution < 1.29 is 4.74 Å². The second-order valence-corrected chi connectivity index (χ2v) is 5.03. The molecule has 1 N–H and O–H groups in total. The van der Waals surface area contributed by atoms with E-state index in [1.165, 1.54) is 5.56 Å². The zero-order valence-corrected chi connectivity index (χ0v) is 11.6. The van der Waals surface area contributed by atoms with E-state index in [1.54, 1.807) is 12.4 Å². The maximum Gasteiger partial charge on any atom is 0.124 e. The van der Waals surface area contributed by atoms with Crippen molar-refractivity contribution in [2.75, 3.05) is 6.54 Å². The molecule has 0 fully saturated rings. The SMILES string of the molecule is CCCNC(c1cnccn1)C1Cc2ccccc2O1. The van der Waals surface area contributed by atoms with Gasteiger partial charge in [-0.1, -0.05) is 25.1 Å². The highest BCUT2D eigenvalue weighted by Crippen LogP contribution is 2.33. The summed E-state index contributed by atoms with van der Waals surface area (Å²) in [7, 11) is 0. The summed E-state index contributed by atoms with van der Waals surface area (Å²) in [6, 6.07) is 8.31. The minimum atomic E-state index is 0.0793. The van der Waals surface area contributed by atoms with Gasteiger partial charge < -0.3 is 10.1 Å². The van der Waals surface area contributed by atoms with Crippen molar-refractivity contribution in [2.24, 2.45) is 0 Å². The van der Waals surface area contributed by atoms with Crippen molar-refractivity contribution in [3.8, 4) is 5.75 Å². The number of para-hydroxylation sites is 1. The summed E-state index contributed by atoms with van der Waals surface area (Å²) in [6.45, 7) is 3.10. The second-order valence-electron chi connectivity index (χ2n) is 5.03. The molecule has 20 heavy (non-hydrogen) atoms. The van der Waals surface area contributed by atoms with Gasteiger partial charge in [0.2, 0.25) is 0 Å². The predicted octanol–water partition coefficient (Wildman–Crippen LogP) is 2.52. The van der Waals surface area contributed by atoms with Gasteiger partial charge in [0.25, 0.3) is 0 Å². The fourth-order valence-electron chi connectivity index (χ4n) is 2.59. The molecule has 0 radical (unpaired) electrons. The number of hydrogen-bond donors (Lipinski definition) is 1. The lowest BCUT2D eigenvalue weighted by Gasteiger charge is -2.23. The van der Waals surface area contributed by atoms with Crippen LogP contribution in [0.4, 0.5) is 0 Å². The quantitative estimate of drug-likeness (QED) is 0.906. The Bertz CT molecular complexity index is 534. The van der Waals surface area contributed by atoms with Crippen LogP contribution in [0.25, 0.3) is 0 Å². The summed E-state index contributed by atoms with van der Waals surface area (Å²) in [5.74, 6) is 0.990. The van der Waals surface area contributed by atoms with E-state index in [0.29, 0.717) is 0 Å². The number of hydrogen-bond acceptors (Lipinski definition) is 4. The van der Waals surface area contributed by atoms with Crippen molar-refractivity contribution in [2.45, 2.75) is 31.9 Å². The van der Waals surface area contributed by atoms with Gasteiger partial charge in [0, 0.05) is 18.8 Å². The van der Waals surface area contributed by atoms with E-state index < -0.39 is 0 Å². The molecule has 0 saturated heterocycles. The third-order valence-corrected chi connectivity index (χ3v) is 3.56. The average molecular weight is 269 g/mol. The van der Waals surface area contributed by atoms with E-state index in [4.69, 9.17) is 4.74 Å². The molecule has 1 aromatic heterocycles. The summed E-state index contributed by atoms with van der Waals surface area (Å²) in [4.78, 5) is 8.61. The molecule has 4 nitrogen and oxygen atoms in total. The van der Waals surface area contributed by atoms with Crippen molar-refractivity contribution in [1.82, 2.24) is 15.3 Å². The van der Waals surface area contributed by atoms with Gasteiger partial charge in [0.15, 0.2) is 0 Å². The molecule has 3 rings (SSSR count). The number of benzene rings is 1. The molecule has 0 saturated carbocycles. The number of rotatable bonds is 5. The molecule has 1 aliphatic rings. The Morgan fingerprint density at radius 2 is 2.25 bits per heavy atom. The van der Waals surface area contributed by atoms with Crippen LogP contribution < -0.4 is 10.1 Å². The standard InChI is InChI=1S/C16H19N3O/c1-2-7-19-16(13-11-17-8-9-18-13)15-10-12-5-3-4-6-14(12)20-15/h3-6,8-9,11,15-16,19H,2,7,10H2,1H3. The Morgan fingerprint density at radius 1 is 1.35 bits per heavy atom. The molecule has 1 aromatic carbocycles. The van der Waals surface area contributed by atoms with E-state index >= 15 is 0 Å². The van der Waals surface area contributed by atoms with Crippen LogP contribution in [0.5, 0.6) is 5.75 Å². The van der Waals surface area contributed by atoms with E-state index in [9.17, 15) is 0 Å². The predicted molar refractivity (Wildman–Crippen MR) is 77.6 cm³/mol. The molecule has 2 unspecified atom stereocenters. The van der Waals surface area contributed by atoms with Crippen molar-refractivity contribution >= 4 is 0 Å². The zero-order chi connectivity index (χ0) is 13.8. The highest BCUT2D eigenvalue weighted by atomic mass is 16.5. The smallest absolute Gasteiger partial charge is 0.124 e. The first kappa shape index (κ1) is 13.1. The molecule has 1 aliphatic heterocycles. The Labute approximate surface area is 119 Å².